The number of aliphatic carboxylic acids is 1. The van der Waals surface area contributed by atoms with Crippen molar-refractivity contribution < 1.29 is 19.8 Å². The summed E-state index contributed by atoms with van der Waals surface area (Å²) in [7, 11) is 4.12. The maximum Gasteiger partial charge on any atom is 0.352 e. The summed E-state index contributed by atoms with van der Waals surface area (Å²) in [6.07, 6.45) is 0.319. The van der Waals surface area contributed by atoms with Crippen molar-refractivity contribution in [2.24, 2.45) is 11.8 Å². The second-order valence-electron chi connectivity index (χ2n) is 7.57. The van der Waals surface area contributed by atoms with E-state index in [-0.39, 0.29) is 23.6 Å². The molecule has 3 aliphatic heterocycles. The molecule has 0 aromatic rings. The van der Waals surface area contributed by atoms with Gasteiger partial charge in [0, 0.05) is 31.6 Å². The zero-order chi connectivity index (χ0) is 17.8. The monoisotopic (exact) mass is 337 g/mol. The highest BCUT2D eigenvalue weighted by atomic mass is 16.4. The Hall–Kier alpha value is -1.44. The molecule has 24 heavy (non-hydrogen) atoms. The third-order valence-corrected chi connectivity index (χ3v) is 5.89. The predicted octanol–water partition coefficient (Wildman–Crippen LogP) is -0.181. The molecule has 7 heteroatoms. The van der Waals surface area contributed by atoms with Gasteiger partial charge in [0.25, 0.3) is 0 Å². The number of carboxylic acid groups (broad SMARTS) is 1. The molecule has 0 saturated carbocycles. The van der Waals surface area contributed by atoms with Gasteiger partial charge in [0.2, 0.25) is 5.91 Å². The van der Waals surface area contributed by atoms with Gasteiger partial charge in [-0.2, -0.15) is 0 Å². The van der Waals surface area contributed by atoms with Gasteiger partial charge < -0.3 is 20.0 Å². The third-order valence-electron chi connectivity index (χ3n) is 5.89. The molecule has 0 bridgehead atoms. The van der Waals surface area contributed by atoms with Crippen molar-refractivity contribution in [1.82, 2.24) is 14.7 Å². The molecule has 134 valence electrons. The Labute approximate surface area is 142 Å². The van der Waals surface area contributed by atoms with E-state index in [0.717, 1.165) is 25.1 Å². The van der Waals surface area contributed by atoms with Crippen molar-refractivity contribution in [3.63, 3.8) is 0 Å². The molecule has 0 aromatic heterocycles. The van der Waals surface area contributed by atoms with Crippen molar-refractivity contribution in [3.8, 4) is 0 Å². The highest BCUT2D eigenvalue weighted by molar-refractivity contribution is 6.00. The highest BCUT2D eigenvalue weighted by Gasteiger charge is 2.59. The number of hydrogen-bond acceptors (Lipinski definition) is 5. The zero-order valence-electron chi connectivity index (χ0n) is 14.8. The van der Waals surface area contributed by atoms with Crippen LogP contribution < -0.4 is 0 Å². The van der Waals surface area contributed by atoms with Crippen molar-refractivity contribution in [2.45, 2.75) is 38.5 Å². The van der Waals surface area contributed by atoms with E-state index in [9.17, 15) is 19.8 Å². The number of hydrogen-bond donors (Lipinski definition) is 2. The molecule has 0 radical (unpaired) electrons. The first kappa shape index (κ1) is 17.4. The van der Waals surface area contributed by atoms with Crippen LogP contribution in [0.5, 0.6) is 0 Å². The zero-order valence-corrected chi connectivity index (χ0v) is 14.8. The summed E-state index contributed by atoms with van der Waals surface area (Å²) in [5.41, 5.74) is 0.964. The number of likely N-dealkylation sites (N-methyl/N-ethyl adjacent to an activating group) is 1. The largest absolute Gasteiger partial charge is 0.477 e. The lowest BCUT2D eigenvalue weighted by atomic mass is 9.77. The molecule has 1 amide bonds. The van der Waals surface area contributed by atoms with E-state index in [1.165, 1.54) is 4.90 Å². The van der Waals surface area contributed by atoms with Crippen LogP contribution in [-0.4, -0.2) is 88.7 Å². The lowest BCUT2D eigenvalue weighted by molar-refractivity contribution is -0.163. The number of carbonyl (C=O) groups is 2. The van der Waals surface area contributed by atoms with Crippen LogP contribution in [0.1, 0.15) is 20.3 Å². The Morgan fingerprint density at radius 3 is 2.58 bits per heavy atom. The van der Waals surface area contributed by atoms with E-state index in [1.54, 1.807) is 6.92 Å². The third kappa shape index (κ3) is 2.55. The summed E-state index contributed by atoms with van der Waals surface area (Å²) >= 11 is 0. The molecule has 3 rings (SSSR count). The van der Waals surface area contributed by atoms with Gasteiger partial charge in [0.1, 0.15) is 5.70 Å². The average molecular weight is 337 g/mol. The summed E-state index contributed by atoms with van der Waals surface area (Å²) in [4.78, 5) is 30.0. The summed E-state index contributed by atoms with van der Waals surface area (Å²) in [6.45, 7) is 6.01. The lowest BCUT2D eigenvalue weighted by Gasteiger charge is -2.46. The first-order valence-electron chi connectivity index (χ1n) is 8.60. The number of fused-ring (bicyclic) bond motifs is 1. The first-order chi connectivity index (χ1) is 11.2. The lowest BCUT2D eigenvalue weighted by Crippen LogP contribution is -2.63. The molecular weight excluding hydrogens is 310 g/mol. The van der Waals surface area contributed by atoms with Crippen LogP contribution in [0.25, 0.3) is 0 Å². The van der Waals surface area contributed by atoms with E-state index in [4.69, 9.17) is 0 Å². The highest BCUT2D eigenvalue weighted by Crippen LogP contribution is 2.47. The Morgan fingerprint density at radius 2 is 2.08 bits per heavy atom. The van der Waals surface area contributed by atoms with Gasteiger partial charge in [-0.25, -0.2) is 4.79 Å². The van der Waals surface area contributed by atoms with Crippen molar-refractivity contribution in [2.75, 3.05) is 33.7 Å². The second kappa shape index (κ2) is 6.13. The second-order valence-corrected chi connectivity index (χ2v) is 7.57. The van der Waals surface area contributed by atoms with Crippen LogP contribution in [0.15, 0.2) is 11.3 Å². The quantitative estimate of drug-likeness (QED) is 0.677. The van der Waals surface area contributed by atoms with Gasteiger partial charge in [0.15, 0.2) is 0 Å². The number of carboxylic acids is 1. The molecule has 3 aliphatic rings. The van der Waals surface area contributed by atoms with Crippen LogP contribution in [0, 0.1) is 11.8 Å². The summed E-state index contributed by atoms with van der Waals surface area (Å²) in [5.74, 6) is -1.83. The number of nitrogens with zero attached hydrogens (tertiary/aromatic N) is 3. The van der Waals surface area contributed by atoms with Crippen LogP contribution in [0.3, 0.4) is 0 Å². The molecule has 0 aromatic carbocycles. The van der Waals surface area contributed by atoms with E-state index in [2.05, 4.69) is 23.9 Å². The number of likely N-dealkylation sites (tertiary alicyclic amines) is 1. The fourth-order valence-electron chi connectivity index (χ4n) is 4.47. The molecule has 3 heterocycles. The Bertz CT molecular complexity index is 586. The Kier molecular flexibility index (Phi) is 4.44. The maximum atomic E-state index is 12.3. The fraction of sp³-hybridized carbons (Fsp3) is 0.765. The first-order valence-corrected chi connectivity index (χ1v) is 8.60. The van der Waals surface area contributed by atoms with Gasteiger partial charge in [-0.05, 0) is 33.0 Å². The smallest absolute Gasteiger partial charge is 0.352 e. The van der Waals surface area contributed by atoms with Crippen LogP contribution in [0.2, 0.25) is 0 Å². The molecule has 2 fully saturated rings. The van der Waals surface area contributed by atoms with E-state index >= 15 is 0 Å². The number of rotatable bonds is 5. The minimum absolute atomic E-state index is 0.0354. The van der Waals surface area contributed by atoms with Gasteiger partial charge >= 0.3 is 5.97 Å². The molecule has 0 aliphatic carbocycles. The maximum absolute atomic E-state index is 12.3. The molecule has 1 unspecified atom stereocenters. The minimum atomic E-state index is -1.04. The molecule has 2 N–H and O–H groups in total. The van der Waals surface area contributed by atoms with E-state index < -0.39 is 18.0 Å². The van der Waals surface area contributed by atoms with Gasteiger partial charge in [0.05, 0.1) is 18.1 Å². The molecule has 2 saturated heterocycles. The topological polar surface area (TPSA) is 84.3 Å². The van der Waals surface area contributed by atoms with Crippen molar-refractivity contribution in [3.05, 3.63) is 11.3 Å². The number of aliphatic hydroxyl groups is 1. The van der Waals surface area contributed by atoms with Crippen molar-refractivity contribution in [1.29, 1.82) is 0 Å². The Balaban J connectivity index is 1.81. The van der Waals surface area contributed by atoms with E-state index in [1.807, 2.05) is 6.92 Å². The van der Waals surface area contributed by atoms with Gasteiger partial charge in [-0.1, -0.05) is 6.92 Å². The summed E-state index contributed by atoms with van der Waals surface area (Å²) < 4.78 is 0. The molecule has 5 atom stereocenters. The minimum Gasteiger partial charge on any atom is -0.477 e. The fourth-order valence-corrected chi connectivity index (χ4v) is 4.47. The van der Waals surface area contributed by atoms with E-state index in [0.29, 0.717) is 12.6 Å². The standard InChI is InChI=1S/C17H27N3O4/c1-9-12(8-19-6-5-11(7-19)18(3)4)15(17(23)24)20-14(9)13(10(2)21)16(20)22/h9-11,13-14,21H,5-8H2,1-4H3,(H,23,24)/t9-,10+,11-,13?,14+/m0/s1. The van der Waals surface area contributed by atoms with Gasteiger partial charge in [-0.3, -0.25) is 9.69 Å². The predicted molar refractivity (Wildman–Crippen MR) is 88.2 cm³/mol. The van der Waals surface area contributed by atoms with Crippen LogP contribution >= 0.6 is 0 Å². The SMILES string of the molecule is C[C@@H](O)C1C(=O)N2C(C(=O)O)=C(CN3CC[C@H](N(C)C)C3)[C@H](C)[C@H]12. The van der Waals surface area contributed by atoms with Gasteiger partial charge in [-0.15, -0.1) is 0 Å². The summed E-state index contributed by atoms with van der Waals surface area (Å²) in [5, 5.41) is 19.5. The molecule has 7 nitrogen and oxygen atoms in total. The number of amides is 1. The van der Waals surface area contributed by atoms with Crippen LogP contribution in [0.4, 0.5) is 0 Å². The number of β-lactam (4-membered cyclic amide) rings is 1. The average Bonchev–Trinajstić information content (AvgIpc) is 3.03. The molecule has 0 spiro atoms. The molecular formula is C17H27N3O4. The summed E-state index contributed by atoms with van der Waals surface area (Å²) in [6, 6.07) is 0.269. The Morgan fingerprint density at radius 1 is 1.42 bits per heavy atom. The van der Waals surface area contributed by atoms with Crippen LogP contribution in [-0.2, 0) is 9.59 Å². The normalized spacial score (nSPS) is 34.8. The van der Waals surface area contributed by atoms with Crippen molar-refractivity contribution >= 4 is 11.9 Å². The number of carbonyl (C=O) groups excluding carboxylic acids is 1. The number of aliphatic hydroxyl groups excluding tert-OH is 1.